The number of carbonyl (C=O) groups excluding carboxylic acids is 2. The summed E-state index contributed by atoms with van der Waals surface area (Å²) < 4.78 is 1.75. The van der Waals surface area contributed by atoms with Gasteiger partial charge in [0, 0.05) is 24.7 Å². The van der Waals surface area contributed by atoms with Crippen molar-refractivity contribution in [3.05, 3.63) is 66.7 Å². The van der Waals surface area contributed by atoms with Crippen molar-refractivity contribution in [1.29, 1.82) is 0 Å². The molecule has 1 aliphatic rings. The first-order chi connectivity index (χ1) is 12.6. The number of hydrogen-bond donors (Lipinski definition) is 1. The van der Waals surface area contributed by atoms with Gasteiger partial charge < -0.3 is 5.32 Å². The summed E-state index contributed by atoms with van der Waals surface area (Å²) in [5.74, 6) is -0.356. The van der Waals surface area contributed by atoms with Crippen LogP contribution in [0.2, 0.25) is 0 Å². The fourth-order valence-corrected chi connectivity index (χ4v) is 3.29. The molecule has 2 amide bonds. The van der Waals surface area contributed by atoms with Gasteiger partial charge in [0.05, 0.1) is 5.69 Å². The Hall–Kier alpha value is -3.48. The molecule has 1 atom stereocenters. The number of para-hydroxylation sites is 1. The molecule has 0 fully saturated rings. The lowest BCUT2D eigenvalue weighted by Crippen LogP contribution is -2.44. The minimum Gasteiger partial charge on any atom is -0.324 e. The average molecular weight is 347 g/mol. The molecule has 7 heteroatoms. The van der Waals surface area contributed by atoms with Gasteiger partial charge >= 0.3 is 0 Å². The van der Waals surface area contributed by atoms with Crippen LogP contribution in [0.25, 0.3) is 5.69 Å². The topological polar surface area (TPSA) is 80.1 Å². The minimum absolute atomic E-state index is 0.145. The summed E-state index contributed by atoms with van der Waals surface area (Å²) in [6.07, 6.45) is 3.69. The normalized spacial score (nSPS) is 15.6. The van der Waals surface area contributed by atoms with Crippen molar-refractivity contribution >= 4 is 23.2 Å². The van der Waals surface area contributed by atoms with Crippen LogP contribution < -0.4 is 10.2 Å². The molecule has 0 unspecified atom stereocenters. The van der Waals surface area contributed by atoms with E-state index in [1.165, 1.54) is 6.92 Å². The number of amides is 2. The van der Waals surface area contributed by atoms with Crippen LogP contribution in [-0.2, 0) is 16.0 Å². The summed E-state index contributed by atoms with van der Waals surface area (Å²) in [5.41, 5.74) is 3.30. The first-order valence-electron chi connectivity index (χ1n) is 8.27. The summed E-state index contributed by atoms with van der Waals surface area (Å²) in [5, 5.41) is 10.5. The number of rotatable bonds is 3. The van der Waals surface area contributed by atoms with Gasteiger partial charge in [-0.15, -0.1) is 10.2 Å². The molecule has 1 aliphatic heterocycles. The molecule has 0 bridgehead atoms. The monoisotopic (exact) mass is 347 g/mol. The lowest BCUT2D eigenvalue weighted by molar-refractivity contribution is -0.122. The van der Waals surface area contributed by atoms with Crippen LogP contribution in [0.3, 0.4) is 0 Å². The first kappa shape index (κ1) is 16.0. The molecule has 7 nitrogen and oxygen atoms in total. The molecule has 1 aromatic heterocycles. The Morgan fingerprint density at radius 3 is 2.62 bits per heavy atom. The van der Waals surface area contributed by atoms with E-state index in [-0.39, 0.29) is 11.8 Å². The van der Waals surface area contributed by atoms with Crippen molar-refractivity contribution in [3.8, 4) is 5.69 Å². The summed E-state index contributed by atoms with van der Waals surface area (Å²) in [7, 11) is 0. The third kappa shape index (κ3) is 2.83. The predicted molar refractivity (Wildman–Crippen MR) is 97.1 cm³/mol. The highest BCUT2D eigenvalue weighted by Crippen LogP contribution is 2.32. The SMILES string of the molecule is CC(=O)N1c2ccccc2C[C@H]1C(=O)Nc1cccc(-n2cnnc2)c1. The van der Waals surface area contributed by atoms with E-state index in [0.29, 0.717) is 12.1 Å². The van der Waals surface area contributed by atoms with Crippen molar-refractivity contribution in [1.82, 2.24) is 14.8 Å². The molecule has 4 rings (SSSR count). The van der Waals surface area contributed by atoms with Crippen LogP contribution in [0.4, 0.5) is 11.4 Å². The Labute approximate surface area is 150 Å². The van der Waals surface area contributed by atoms with Crippen LogP contribution in [0.15, 0.2) is 61.2 Å². The lowest BCUT2D eigenvalue weighted by Gasteiger charge is -2.23. The third-order valence-electron chi connectivity index (χ3n) is 4.45. The van der Waals surface area contributed by atoms with E-state index in [2.05, 4.69) is 15.5 Å². The Morgan fingerprint density at radius 1 is 1.08 bits per heavy atom. The van der Waals surface area contributed by atoms with Crippen molar-refractivity contribution in [2.75, 3.05) is 10.2 Å². The molecule has 130 valence electrons. The number of nitrogens with zero attached hydrogens (tertiary/aromatic N) is 4. The van der Waals surface area contributed by atoms with Crippen LogP contribution in [0, 0.1) is 0 Å². The summed E-state index contributed by atoms with van der Waals surface area (Å²) in [6, 6.07) is 14.4. The number of fused-ring (bicyclic) bond motifs is 1. The van der Waals surface area contributed by atoms with Gasteiger partial charge in [-0.2, -0.15) is 0 Å². The molecule has 0 radical (unpaired) electrons. The second-order valence-corrected chi connectivity index (χ2v) is 6.15. The Kier molecular flexibility index (Phi) is 3.96. The first-order valence-corrected chi connectivity index (χ1v) is 8.27. The third-order valence-corrected chi connectivity index (χ3v) is 4.45. The summed E-state index contributed by atoms with van der Waals surface area (Å²) in [6.45, 7) is 1.48. The minimum atomic E-state index is -0.552. The molecule has 0 spiro atoms. The molecule has 2 aromatic carbocycles. The van der Waals surface area contributed by atoms with Gasteiger partial charge in [0.25, 0.3) is 0 Å². The number of hydrogen-bond acceptors (Lipinski definition) is 4. The maximum Gasteiger partial charge on any atom is 0.247 e. The van der Waals surface area contributed by atoms with E-state index >= 15 is 0 Å². The van der Waals surface area contributed by atoms with Crippen LogP contribution in [-0.4, -0.2) is 32.6 Å². The van der Waals surface area contributed by atoms with Gasteiger partial charge in [0.1, 0.15) is 18.7 Å². The zero-order valence-corrected chi connectivity index (χ0v) is 14.2. The largest absolute Gasteiger partial charge is 0.324 e. The zero-order valence-electron chi connectivity index (χ0n) is 14.2. The van der Waals surface area contributed by atoms with E-state index < -0.39 is 6.04 Å². The molecule has 0 saturated carbocycles. The van der Waals surface area contributed by atoms with Gasteiger partial charge in [-0.1, -0.05) is 24.3 Å². The quantitative estimate of drug-likeness (QED) is 0.787. The highest BCUT2D eigenvalue weighted by molar-refractivity contribution is 6.06. The molecular weight excluding hydrogens is 330 g/mol. The molecule has 2 heterocycles. The maximum absolute atomic E-state index is 12.9. The molecule has 1 N–H and O–H groups in total. The predicted octanol–water partition coefficient (Wildman–Crippen LogP) is 2.18. The average Bonchev–Trinajstić information content (AvgIpc) is 3.29. The summed E-state index contributed by atoms with van der Waals surface area (Å²) in [4.78, 5) is 26.5. The molecule has 0 aliphatic carbocycles. The zero-order chi connectivity index (χ0) is 18.1. The fraction of sp³-hybridized carbons (Fsp3) is 0.158. The van der Waals surface area contributed by atoms with E-state index in [9.17, 15) is 9.59 Å². The Balaban J connectivity index is 1.57. The van der Waals surface area contributed by atoms with E-state index in [4.69, 9.17) is 0 Å². The molecule has 3 aromatic rings. The fourth-order valence-electron chi connectivity index (χ4n) is 3.29. The second-order valence-electron chi connectivity index (χ2n) is 6.15. The van der Waals surface area contributed by atoms with E-state index in [1.807, 2.05) is 48.5 Å². The smallest absolute Gasteiger partial charge is 0.247 e. The molecular formula is C19H17N5O2. The van der Waals surface area contributed by atoms with E-state index in [0.717, 1.165) is 16.9 Å². The van der Waals surface area contributed by atoms with Gasteiger partial charge in [0.2, 0.25) is 11.8 Å². The standard InChI is InChI=1S/C19H17N5O2/c1-13(25)24-17-8-3-2-5-14(17)9-18(24)19(26)22-15-6-4-7-16(10-15)23-11-20-21-12-23/h2-8,10-12,18H,9H2,1H3,(H,22,26)/t18-/m0/s1. The Morgan fingerprint density at radius 2 is 1.85 bits per heavy atom. The maximum atomic E-state index is 12.9. The molecule has 0 saturated heterocycles. The highest BCUT2D eigenvalue weighted by Gasteiger charge is 2.36. The van der Waals surface area contributed by atoms with Crippen LogP contribution in [0.1, 0.15) is 12.5 Å². The van der Waals surface area contributed by atoms with Crippen LogP contribution >= 0.6 is 0 Å². The lowest BCUT2D eigenvalue weighted by atomic mass is 10.1. The summed E-state index contributed by atoms with van der Waals surface area (Å²) >= 11 is 0. The van der Waals surface area contributed by atoms with Gasteiger partial charge in [-0.25, -0.2) is 0 Å². The van der Waals surface area contributed by atoms with Gasteiger partial charge in [-0.3, -0.25) is 19.1 Å². The van der Waals surface area contributed by atoms with E-state index in [1.54, 1.807) is 22.1 Å². The molecule has 26 heavy (non-hydrogen) atoms. The van der Waals surface area contributed by atoms with Crippen LogP contribution in [0.5, 0.6) is 0 Å². The number of benzene rings is 2. The van der Waals surface area contributed by atoms with Crippen molar-refractivity contribution < 1.29 is 9.59 Å². The van der Waals surface area contributed by atoms with Crippen molar-refractivity contribution in [2.24, 2.45) is 0 Å². The van der Waals surface area contributed by atoms with Crippen molar-refractivity contribution in [3.63, 3.8) is 0 Å². The second kappa shape index (κ2) is 6.44. The number of anilines is 2. The van der Waals surface area contributed by atoms with Crippen molar-refractivity contribution in [2.45, 2.75) is 19.4 Å². The number of nitrogens with one attached hydrogen (secondary N) is 1. The van der Waals surface area contributed by atoms with Gasteiger partial charge in [-0.05, 0) is 29.8 Å². The van der Waals surface area contributed by atoms with Gasteiger partial charge in [0.15, 0.2) is 0 Å². The number of carbonyl (C=O) groups is 2. The number of aromatic nitrogens is 3. The Bertz CT molecular complexity index is 968. The highest BCUT2D eigenvalue weighted by atomic mass is 16.2.